The van der Waals surface area contributed by atoms with Crippen molar-refractivity contribution in [3.05, 3.63) is 36.7 Å². The standard InChI is InChI=1S/C12H17N3O/c1-4-5-7-13-10-6-8-14-11(9-10)12(16)15(2)3/h4,6,8-9H,1,5,7H2,2-3H3,(H,13,14). The van der Waals surface area contributed by atoms with E-state index in [-0.39, 0.29) is 5.91 Å². The average molecular weight is 219 g/mol. The second-order valence-electron chi connectivity index (χ2n) is 3.63. The molecule has 0 fully saturated rings. The highest BCUT2D eigenvalue weighted by molar-refractivity contribution is 5.92. The second kappa shape index (κ2) is 5.90. The highest BCUT2D eigenvalue weighted by Gasteiger charge is 2.09. The average Bonchev–Trinajstić information content (AvgIpc) is 2.29. The van der Waals surface area contributed by atoms with Gasteiger partial charge in [-0.25, -0.2) is 0 Å². The lowest BCUT2D eigenvalue weighted by molar-refractivity contribution is 0.0822. The van der Waals surface area contributed by atoms with Gasteiger partial charge in [0.25, 0.3) is 5.91 Å². The molecule has 1 rings (SSSR count). The van der Waals surface area contributed by atoms with Crippen LogP contribution in [0.3, 0.4) is 0 Å². The maximum absolute atomic E-state index is 11.6. The Hall–Kier alpha value is -1.84. The normalized spacial score (nSPS) is 9.62. The van der Waals surface area contributed by atoms with Crippen LogP contribution < -0.4 is 5.32 Å². The third-order valence-electron chi connectivity index (χ3n) is 2.06. The zero-order valence-electron chi connectivity index (χ0n) is 9.73. The van der Waals surface area contributed by atoms with E-state index in [0.717, 1.165) is 18.7 Å². The fraction of sp³-hybridized carbons (Fsp3) is 0.333. The van der Waals surface area contributed by atoms with Gasteiger partial charge in [0.2, 0.25) is 0 Å². The monoisotopic (exact) mass is 219 g/mol. The van der Waals surface area contributed by atoms with Crippen LogP contribution in [-0.2, 0) is 0 Å². The molecular formula is C12H17N3O. The molecule has 1 aromatic heterocycles. The summed E-state index contributed by atoms with van der Waals surface area (Å²) in [5, 5.41) is 3.20. The van der Waals surface area contributed by atoms with Crippen molar-refractivity contribution in [2.45, 2.75) is 6.42 Å². The molecule has 16 heavy (non-hydrogen) atoms. The molecule has 0 aromatic carbocycles. The van der Waals surface area contributed by atoms with Crippen molar-refractivity contribution >= 4 is 11.6 Å². The Bertz CT molecular complexity index is 374. The molecule has 4 heteroatoms. The van der Waals surface area contributed by atoms with Gasteiger partial charge in [-0.15, -0.1) is 6.58 Å². The summed E-state index contributed by atoms with van der Waals surface area (Å²) in [5.74, 6) is -0.0904. The van der Waals surface area contributed by atoms with Crippen LogP contribution >= 0.6 is 0 Å². The first kappa shape index (κ1) is 12.2. The third-order valence-corrected chi connectivity index (χ3v) is 2.06. The molecule has 0 aliphatic carbocycles. The number of carbonyl (C=O) groups is 1. The highest BCUT2D eigenvalue weighted by Crippen LogP contribution is 2.09. The van der Waals surface area contributed by atoms with Crippen LogP contribution in [0.15, 0.2) is 31.0 Å². The van der Waals surface area contributed by atoms with Gasteiger partial charge in [0.05, 0.1) is 0 Å². The Morgan fingerprint density at radius 2 is 2.38 bits per heavy atom. The minimum atomic E-state index is -0.0904. The zero-order chi connectivity index (χ0) is 12.0. The van der Waals surface area contributed by atoms with E-state index in [1.165, 1.54) is 4.90 Å². The molecule has 1 amide bonds. The third kappa shape index (κ3) is 3.38. The Kier molecular flexibility index (Phi) is 4.51. The van der Waals surface area contributed by atoms with Crippen molar-refractivity contribution in [1.82, 2.24) is 9.88 Å². The van der Waals surface area contributed by atoms with Crippen LogP contribution in [0.2, 0.25) is 0 Å². The molecule has 1 heterocycles. The quantitative estimate of drug-likeness (QED) is 0.606. The molecule has 1 aromatic rings. The van der Waals surface area contributed by atoms with E-state index < -0.39 is 0 Å². The zero-order valence-corrected chi connectivity index (χ0v) is 9.73. The van der Waals surface area contributed by atoms with Crippen molar-refractivity contribution in [3.63, 3.8) is 0 Å². The molecule has 0 bridgehead atoms. The highest BCUT2D eigenvalue weighted by atomic mass is 16.2. The molecule has 0 aliphatic rings. The molecule has 0 radical (unpaired) electrons. The van der Waals surface area contributed by atoms with Gasteiger partial charge in [0.1, 0.15) is 5.69 Å². The van der Waals surface area contributed by atoms with Crippen LogP contribution in [0.5, 0.6) is 0 Å². The van der Waals surface area contributed by atoms with Crippen LogP contribution in [0.25, 0.3) is 0 Å². The smallest absolute Gasteiger partial charge is 0.272 e. The van der Waals surface area contributed by atoms with Crippen LogP contribution in [0.1, 0.15) is 16.9 Å². The molecule has 4 nitrogen and oxygen atoms in total. The Morgan fingerprint density at radius 3 is 3.00 bits per heavy atom. The van der Waals surface area contributed by atoms with E-state index in [1.807, 2.05) is 12.1 Å². The Morgan fingerprint density at radius 1 is 1.62 bits per heavy atom. The molecule has 0 aliphatic heterocycles. The van der Waals surface area contributed by atoms with Crippen LogP contribution in [-0.4, -0.2) is 36.4 Å². The van der Waals surface area contributed by atoms with Gasteiger partial charge in [-0.1, -0.05) is 6.08 Å². The number of nitrogens with zero attached hydrogens (tertiary/aromatic N) is 2. The minimum Gasteiger partial charge on any atom is -0.385 e. The van der Waals surface area contributed by atoms with Crippen molar-refractivity contribution in [2.24, 2.45) is 0 Å². The molecule has 86 valence electrons. The van der Waals surface area contributed by atoms with Gasteiger partial charge in [-0.3, -0.25) is 9.78 Å². The summed E-state index contributed by atoms with van der Waals surface area (Å²) in [6.07, 6.45) is 4.37. The number of amides is 1. The molecular weight excluding hydrogens is 202 g/mol. The number of anilines is 1. The van der Waals surface area contributed by atoms with Crippen molar-refractivity contribution in [3.8, 4) is 0 Å². The number of pyridine rings is 1. The summed E-state index contributed by atoms with van der Waals surface area (Å²) >= 11 is 0. The number of carbonyl (C=O) groups excluding carboxylic acids is 1. The summed E-state index contributed by atoms with van der Waals surface area (Å²) in [7, 11) is 3.42. The van der Waals surface area contributed by atoms with Crippen molar-refractivity contribution in [2.75, 3.05) is 26.0 Å². The van der Waals surface area contributed by atoms with E-state index in [2.05, 4.69) is 16.9 Å². The van der Waals surface area contributed by atoms with E-state index in [9.17, 15) is 4.79 Å². The Labute approximate surface area is 96.0 Å². The first-order valence-corrected chi connectivity index (χ1v) is 5.17. The Balaban J connectivity index is 2.71. The van der Waals surface area contributed by atoms with Gasteiger partial charge < -0.3 is 10.2 Å². The maximum Gasteiger partial charge on any atom is 0.272 e. The molecule has 0 saturated heterocycles. The molecule has 1 N–H and O–H groups in total. The molecule has 0 atom stereocenters. The summed E-state index contributed by atoms with van der Waals surface area (Å²) in [5.41, 5.74) is 1.36. The van der Waals surface area contributed by atoms with Gasteiger partial charge >= 0.3 is 0 Å². The molecule has 0 saturated carbocycles. The predicted octanol–water partition coefficient (Wildman–Crippen LogP) is 1.77. The number of aromatic nitrogens is 1. The van der Waals surface area contributed by atoms with Crippen molar-refractivity contribution in [1.29, 1.82) is 0 Å². The fourth-order valence-electron chi connectivity index (χ4n) is 1.21. The summed E-state index contributed by atoms with van der Waals surface area (Å²) < 4.78 is 0. The summed E-state index contributed by atoms with van der Waals surface area (Å²) in [6, 6.07) is 3.60. The number of nitrogens with one attached hydrogen (secondary N) is 1. The number of hydrogen-bond acceptors (Lipinski definition) is 3. The van der Waals surface area contributed by atoms with Gasteiger partial charge in [-0.2, -0.15) is 0 Å². The van der Waals surface area contributed by atoms with Crippen LogP contribution in [0, 0.1) is 0 Å². The predicted molar refractivity (Wildman–Crippen MR) is 65.6 cm³/mol. The van der Waals surface area contributed by atoms with Crippen molar-refractivity contribution < 1.29 is 4.79 Å². The number of hydrogen-bond donors (Lipinski definition) is 1. The molecule has 0 spiro atoms. The lowest BCUT2D eigenvalue weighted by Crippen LogP contribution is -2.22. The van der Waals surface area contributed by atoms with Crippen LogP contribution in [0.4, 0.5) is 5.69 Å². The number of rotatable bonds is 5. The van der Waals surface area contributed by atoms with E-state index >= 15 is 0 Å². The molecule has 0 unspecified atom stereocenters. The maximum atomic E-state index is 11.6. The first-order valence-electron chi connectivity index (χ1n) is 5.17. The summed E-state index contributed by atoms with van der Waals surface area (Å²) in [4.78, 5) is 17.2. The second-order valence-corrected chi connectivity index (χ2v) is 3.63. The van der Waals surface area contributed by atoms with Gasteiger partial charge in [0.15, 0.2) is 0 Å². The SMILES string of the molecule is C=CCCNc1ccnc(C(=O)N(C)C)c1. The van der Waals surface area contributed by atoms with E-state index in [0.29, 0.717) is 5.69 Å². The topological polar surface area (TPSA) is 45.2 Å². The summed E-state index contributed by atoms with van der Waals surface area (Å²) in [6.45, 7) is 4.46. The lowest BCUT2D eigenvalue weighted by atomic mass is 10.3. The van der Waals surface area contributed by atoms with E-state index in [4.69, 9.17) is 0 Å². The van der Waals surface area contributed by atoms with Gasteiger partial charge in [0, 0.05) is 32.5 Å². The van der Waals surface area contributed by atoms with E-state index in [1.54, 1.807) is 26.4 Å². The lowest BCUT2D eigenvalue weighted by Gasteiger charge is -2.10. The largest absolute Gasteiger partial charge is 0.385 e. The van der Waals surface area contributed by atoms with Gasteiger partial charge in [-0.05, 0) is 18.6 Å². The fourth-order valence-corrected chi connectivity index (χ4v) is 1.21. The first-order chi connectivity index (χ1) is 7.65. The minimum absolute atomic E-state index is 0.0904.